The fourth-order valence-corrected chi connectivity index (χ4v) is 2.54. The minimum atomic E-state index is -0.670. The first-order valence-corrected chi connectivity index (χ1v) is 4.73. The van der Waals surface area contributed by atoms with Crippen molar-refractivity contribution in [2.75, 3.05) is 6.61 Å². The van der Waals surface area contributed by atoms with Crippen LogP contribution in [0, 0.1) is 11.3 Å². The summed E-state index contributed by atoms with van der Waals surface area (Å²) in [5.41, 5.74) is -0.590. The van der Waals surface area contributed by atoms with Gasteiger partial charge in [0.05, 0.1) is 5.60 Å². The van der Waals surface area contributed by atoms with Crippen molar-refractivity contribution in [3.63, 3.8) is 0 Å². The lowest BCUT2D eigenvalue weighted by Gasteiger charge is -2.47. The molecule has 1 rings (SSSR count). The molecule has 1 aliphatic carbocycles. The van der Waals surface area contributed by atoms with Crippen LogP contribution in [-0.2, 0) is 0 Å². The molecule has 0 bridgehead atoms. The van der Waals surface area contributed by atoms with Crippen LogP contribution in [0.4, 0.5) is 0 Å². The number of hydrogen-bond acceptors (Lipinski definition) is 2. The van der Waals surface area contributed by atoms with Crippen LogP contribution in [0.2, 0.25) is 0 Å². The van der Waals surface area contributed by atoms with E-state index in [1.807, 2.05) is 6.92 Å². The lowest BCUT2D eigenvalue weighted by atomic mass is 9.62. The molecule has 72 valence electrons. The van der Waals surface area contributed by atoms with E-state index < -0.39 is 5.60 Å². The van der Waals surface area contributed by atoms with Crippen molar-refractivity contribution in [2.24, 2.45) is 11.3 Å². The fourth-order valence-electron chi connectivity index (χ4n) is 2.54. The van der Waals surface area contributed by atoms with Crippen LogP contribution in [0.25, 0.3) is 0 Å². The molecule has 2 atom stereocenters. The van der Waals surface area contributed by atoms with Crippen molar-refractivity contribution >= 4 is 0 Å². The highest BCUT2D eigenvalue weighted by Gasteiger charge is 2.44. The summed E-state index contributed by atoms with van der Waals surface area (Å²) in [7, 11) is 0. The minimum absolute atomic E-state index is 0.0266. The van der Waals surface area contributed by atoms with Gasteiger partial charge in [-0.1, -0.05) is 20.3 Å². The Balaban J connectivity index is 2.81. The summed E-state index contributed by atoms with van der Waals surface area (Å²) in [5.74, 6) is 0.0266. The Morgan fingerprint density at radius 1 is 1.25 bits per heavy atom. The summed E-state index contributed by atoms with van der Waals surface area (Å²) in [4.78, 5) is 0. The molecule has 12 heavy (non-hydrogen) atoms. The summed E-state index contributed by atoms with van der Waals surface area (Å²) in [6, 6.07) is 0. The van der Waals surface area contributed by atoms with Gasteiger partial charge in [0.2, 0.25) is 0 Å². The van der Waals surface area contributed by atoms with Gasteiger partial charge >= 0.3 is 0 Å². The first kappa shape index (κ1) is 10.0. The Kier molecular flexibility index (Phi) is 2.50. The Morgan fingerprint density at radius 2 is 1.83 bits per heavy atom. The molecule has 0 aliphatic heterocycles. The topological polar surface area (TPSA) is 40.5 Å². The largest absolute Gasteiger partial charge is 0.396 e. The monoisotopic (exact) mass is 172 g/mol. The van der Waals surface area contributed by atoms with Crippen LogP contribution in [-0.4, -0.2) is 22.4 Å². The number of rotatable bonds is 1. The quantitative estimate of drug-likeness (QED) is 0.630. The third-order valence-corrected chi connectivity index (χ3v) is 3.38. The van der Waals surface area contributed by atoms with Gasteiger partial charge in [0.1, 0.15) is 0 Å². The van der Waals surface area contributed by atoms with Crippen molar-refractivity contribution in [2.45, 2.75) is 45.6 Å². The van der Waals surface area contributed by atoms with Crippen molar-refractivity contribution < 1.29 is 10.2 Å². The predicted molar refractivity (Wildman–Crippen MR) is 48.8 cm³/mol. The summed E-state index contributed by atoms with van der Waals surface area (Å²) in [6.45, 7) is 6.19. The molecule has 0 aromatic carbocycles. The van der Waals surface area contributed by atoms with Gasteiger partial charge in [-0.2, -0.15) is 0 Å². The van der Waals surface area contributed by atoms with Crippen LogP contribution in [0.1, 0.15) is 40.0 Å². The number of aliphatic hydroxyl groups is 2. The lowest BCUT2D eigenvalue weighted by Crippen LogP contribution is -2.48. The third-order valence-electron chi connectivity index (χ3n) is 3.38. The summed E-state index contributed by atoms with van der Waals surface area (Å²) in [5, 5.41) is 19.2. The maximum atomic E-state index is 10.0. The molecule has 0 saturated heterocycles. The van der Waals surface area contributed by atoms with Crippen molar-refractivity contribution in [3.8, 4) is 0 Å². The van der Waals surface area contributed by atoms with E-state index in [0.29, 0.717) is 0 Å². The van der Waals surface area contributed by atoms with Gasteiger partial charge in [-0.15, -0.1) is 0 Å². The maximum Gasteiger partial charge on any atom is 0.0674 e. The van der Waals surface area contributed by atoms with Crippen LogP contribution in [0.3, 0.4) is 0 Å². The smallest absolute Gasteiger partial charge is 0.0674 e. The summed E-state index contributed by atoms with van der Waals surface area (Å²) in [6.07, 6.45) is 2.99. The van der Waals surface area contributed by atoms with Gasteiger partial charge in [0, 0.05) is 12.5 Å². The summed E-state index contributed by atoms with van der Waals surface area (Å²) >= 11 is 0. The van der Waals surface area contributed by atoms with Crippen molar-refractivity contribution in [1.82, 2.24) is 0 Å². The zero-order valence-electron chi connectivity index (χ0n) is 8.30. The molecule has 0 unspecified atom stereocenters. The van der Waals surface area contributed by atoms with Gasteiger partial charge in [0.15, 0.2) is 0 Å². The molecule has 1 saturated carbocycles. The third kappa shape index (κ3) is 1.64. The molecule has 2 nitrogen and oxygen atoms in total. The lowest BCUT2D eigenvalue weighted by molar-refractivity contribution is -0.108. The molecule has 0 aromatic rings. The Labute approximate surface area is 74.6 Å². The number of hydrogen-bond donors (Lipinski definition) is 2. The second-order valence-corrected chi connectivity index (χ2v) is 4.93. The first-order valence-electron chi connectivity index (χ1n) is 4.73. The Hall–Kier alpha value is -0.0800. The van der Waals surface area contributed by atoms with Gasteiger partial charge in [-0.25, -0.2) is 0 Å². The molecule has 0 radical (unpaired) electrons. The van der Waals surface area contributed by atoms with Crippen LogP contribution in [0.5, 0.6) is 0 Å². The van der Waals surface area contributed by atoms with E-state index in [4.69, 9.17) is 0 Å². The molecule has 2 N–H and O–H groups in total. The highest BCUT2D eigenvalue weighted by atomic mass is 16.3. The van der Waals surface area contributed by atoms with Crippen molar-refractivity contribution in [3.05, 3.63) is 0 Å². The van der Waals surface area contributed by atoms with Crippen LogP contribution >= 0.6 is 0 Å². The Bertz CT molecular complexity index is 145. The van der Waals surface area contributed by atoms with Crippen molar-refractivity contribution in [1.29, 1.82) is 0 Å². The average molecular weight is 172 g/mol. The zero-order chi connectivity index (χ0) is 9.41. The van der Waals surface area contributed by atoms with Crippen LogP contribution in [0.15, 0.2) is 0 Å². The summed E-state index contributed by atoms with van der Waals surface area (Å²) < 4.78 is 0. The van der Waals surface area contributed by atoms with E-state index in [1.165, 1.54) is 0 Å². The predicted octanol–water partition coefficient (Wildman–Crippen LogP) is 1.56. The van der Waals surface area contributed by atoms with Crippen LogP contribution < -0.4 is 0 Å². The normalized spacial score (nSPS) is 41.2. The number of aliphatic hydroxyl groups excluding tert-OH is 1. The molecule has 0 amide bonds. The van der Waals surface area contributed by atoms with E-state index >= 15 is 0 Å². The highest BCUT2D eigenvalue weighted by Crippen LogP contribution is 2.45. The second-order valence-electron chi connectivity index (χ2n) is 4.93. The fraction of sp³-hybridized carbons (Fsp3) is 1.00. The average Bonchev–Trinajstić information content (AvgIpc) is 1.83. The molecule has 2 heteroatoms. The molecular weight excluding hydrogens is 152 g/mol. The molecule has 1 aliphatic rings. The SMILES string of the molecule is CC1(C)CCC[C@](C)(O)[C@H]1CO. The molecule has 0 aromatic heterocycles. The van der Waals surface area contributed by atoms with E-state index in [9.17, 15) is 10.2 Å². The van der Waals surface area contributed by atoms with E-state index in [0.717, 1.165) is 19.3 Å². The van der Waals surface area contributed by atoms with E-state index in [-0.39, 0.29) is 17.9 Å². The Morgan fingerprint density at radius 3 is 2.17 bits per heavy atom. The molecule has 0 heterocycles. The molecular formula is C10H20O2. The second kappa shape index (κ2) is 3.00. The van der Waals surface area contributed by atoms with Gasteiger partial charge in [0.25, 0.3) is 0 Å². The molecule has 1 fully saturated rings. The minimum Gasteiger partial charge on any atom is -0.396 e. The van der Waals surface area contributed by atoms with E-state index in [1.54, 1.807) is 0 Å². The zero-order valence-corrected chi connectivity index (χ0v) is 8.30. The standard InChI is InChI=1S/C10H20O2/c1-9(2)5-4-6-10(3,12)8(9)7-11/h8,11-12H,4-7H2,1-3H3/t8-,10-/m0/s1. The van der Waals surface area contributed by atoms with Gasteiger partial charge < -0.3 is 10.2 Å². The van der Waals surface area contributed by atoms with E-state index in [2.05, 4.69) is 13.8 Å². The molecule has 0 spiro atoms. The maximum absolute atomic E-state index is 10.0. The first-order chi connectivity index (χ1) is 5.40. The van der Waals surface area contributed by atoms with Gasteiger partial charge in [-0.05, 0) is 25.2 Å². The van der Waals surface area contributed by atoms with Gasteiger partial charge in [-0.3, -0.25) is 0 Å². The highest BCUT2D eigenvalue weighted by molar-refractivity contribution is 4.95.